The molecule has 2 heterocycles. The lowest BCUT2D eigenvalue weighted by molar-refractivity contribution is -0.143. The van der Waals surface area contributed by atoms with Crippen LogP contribution in [-0.4, -0.2) is 40.1 Å². The zero-order valence-corrected chi connectivity index (χ0v) is 10.9. The second-order valence-corrected chi connectivity index (χ2v) is 4.75. The van der Waals surface area contributed by atoms with Crippen LogP contribution in [-0.2, 0) is 11.3 Å². The molecule has 0 spiro atoms. The molecule has 1 aliphatic rings. The molecule has 1 fully saturated rings. The van der Waals surface area contributed by atoms with E-state index in [9.17, 15) is 14.0 Å². The van der Waals surface area contributed by atoms with Gasteiger partial charge in [0, 0.05) is 13.1 Å². The molecule has 2 rings (SSSR count). The fourth-order valence-electron chi connectivity index (χ4n) is 2.15. The highest BCUT2D eigenvalue weighted by atomic mass is 19.1. The predicted octanol–water partition coefficient (Wildman–Crippen LogP) is 1.23. The number of likely N-dealkylation sites (tertiary alicyclic amines) is 1. The summed E-state index contributed by atoms with van der Waals surface area (Å²) in [5.41, 5.74) is 0.548. The lowest BCUT2D eigenvalue weighted by Gasteiger charge is -2.30. The highest BCUT2D eigenvalue weighted by Gasteiger charge is 2.27. The van der Waals surface area contributed by atoms with Crippen LogP contribution in [0.3, 0.4) is 0 Å². The largest absolute Gasteiger partial charge is 0.481 e. The lowest BCUT2D eigenvalue weighted by atomic mass is 9.99. The van der Waals surface area contributed by atoms with Crippen molar-refractivity contribution in [2.75, 3.05) is 13.1 Å². The van der Waals surface area contributed by atoms with Crippen molar-refractivity contribution < 1.29 is 19.1 Å². The Hall–Kier alpha value is -2.18. The molecule has 2 amide bonds. The van der Waals surface area contributed by atoms with Gasteiger partial charge in [-0.1, -0.05) is 0 Å². The first-order chi connectivity index (χ1) is 9.56. The molecule has 2 N–H and O–H groups in total. The monoisotopic (exact) mass is 281 g/mol. The Balaban J connectivity index is 1.85. The zero-order valence-electron chi connectivity index (χ0n) is 10.9. The van der Waals surface area contributed by atoms with E-state index in [1.807, 2.05) is 0 Å². The number of hydrogen-bond donors (Lipinski definition) is 2. The van der Waals surface area contributed by atoms with E-state index in [0.717, 1.165) is 6.20 Å². The molecule has 0 radical (unpaired) electrons. The number of urea groups is 1. The predicted molar refractivity (Wildman–Crippen MR) is 68.4 cm³/mol. The third-order valence-corrected chi connectivity index (χ3v) is 3.27. The van der Waals surface area contributed by atoms with Gasteiger partial charge in [-0.2, -0.15) is 0 Å². The first-order valence-corrected chi connectivity index (χ1v) is 6.42. The Morgan fingerprint density at radius 3 is 2.95 bits per heavy atom. The summed E-state index contributed by atoms with van der Waals surface area (Å²) < 4.78 is 12.7. The summed E-state index contributed by atoms with van der Waals surface area (Å²) in [5.74, 6) is -1.80. The van der Waals surface area contributed by atoms with Gasteiger partial charge in [0.1, 0.15) is 5.82 Å². The number of carboxylic acids is 1. The van der Waals surface area contributed by atoms with E-state index in [4.69, 9.17) is 5.11 Å². The number of piperidine rings is 1. The molecule has 0 aliphatic carbocycles. The maximum Gasteiger partial charge on any atom is 0.317 e. The maximum absolute atomic E-state index is 12.7. The number of carboxylic acid groups (broad SMARTS) is 1. The number of nitrogens with zero attached hydrogens (tertiary/aromatic N) is 2. The summed E-state index contributed by atoms with van der Waals surface area (Å²) in [6.07, 6.45) is 2.36. The number of nitrogens with one attached hydrogen (secondary N) is 1. The number of halogens is 1. The minimum absolute atomic E-state index is 0.188. The standard InChI is InChI=1S/C13H16FN3O3/c14-10-3-4-11(15-6-10)7-16-13(20)17-5-1-2-9(8-17)12(18)19/h3-4,6,9H,1-2,5,7-8H2,(H,16,20)(H,18,19). The molecular formula is C13H16FN3O3. The Morgan fingerprint density at radius 2 is 2.30 bits per heavy atom. The molecule has 1 saturated heterocycles. The molecule has 6 nitrogen and oxygen atoms in total. The smallest absolute Gasteiger partial charge is 0.317 e. The van der Waals surface area contributed by atoms with Gasteiger partial charge < -0.3 is 15.3 Å². The first-order valence-electron chi connectivity index (χ1n) is 6.42. The number of pyridine rings is 1. The van der Waals surface area contributed by atoms with Crippen LogP contribution < -0.4 is 5.32 Å². The van der Waals surface area contributed by atoms with Crippen LogP contribution in [0.1, 0.15) is 18.5 Å². The van der Waals surface area contributed by atoms with Gasteiger partial charge in [-0.25, -0.2) is 9.18 Å². The van der Waals surface area contributed by atoms with E-state index in [2.05, 4.69) is 10.3 Å². The van der Waals surface area contributed by atoms with Gasteiger partial charge in [0.05, 0.1) is 24.4 Å². The second kappa shape index (κ2) is 6.31. The summed E-state index contributed by atoms with van der Waals surface area (Å²) in [5, 5.41) is 11.6. The van der Waals surface area contributed by atoms with Crippen LogP contribution in [0.25, 0.3) is 0 Å². The van der Waals surface area contributed by atoms with E-state index in [1.54, 1.807) is 0 Å². The number of aliphatic carboxylic acids is 1. The third kappa shape index (κ3) is 3.66. The van der Waals surface area contributed by atoms with Gasteiger partial charge in [0.2, 0.25) is 0 Å². The van der Waals surface area contributed by atoms with Crippen molar-refractivity contribution in [3.05, 3.63) is 29.8 Å². The minimum Gasteiger partial charge on any atom is -0.481 e. The normalized spacial score (nSPS) is 18.6. The highest BCUT2D eigenvalue weighted by molar-refractivity contribution is 5.76. The van der Waals surface area contributed by atoms with Crippen molar-refractivity contribution >= 4 is 12.0 Å². The van der Waals surface area contributed by atoms with Crippen LogP contribution in [0.5, 0.6) is 0 Å². The molecule has 1 atom stereocenters. The fourth-order valence-corrected chi connectivity index (χ4v) is 2.15. The van der Waals surface area contributed by atoms with Crippen molar-refractivity contribution in [1.82, 2.24) is 15.2 Å². The number of carbonyl (C=O) groups excluding carboxylic acids is 1. The minimum atomic E-state index is -0.872. The third-order valence-electron chi connectivity index (χ3n) is 3.27. The maximum atomic E-state index is 12.7. The molecule has 20 heavy (non-hydrogen) atoms. The van der Waals surface area contributed by atoms with E-state index < -0.39 is 17.7 Å². The van der Waals surface area contributed by atoms with Crippen molar-refractivity contribution in [3.8, 4) is 0 Å². The Labute approximate surface area is 115 Å². The Morgan fingerprint density at radius 1 is 1.50 bits per heavy atom. The summed E-state index contributed by atoms with van der Waals surface area (Å²) in [6.45, 7) is 0.956. The number of hydrogen-bond acceptors (Lipinski definition) is 3. The molecular weight excluding hydrogens is 265 g/mol. The fraction of sp³-hybridized carbons (Fsp3) is 0.462. The molecule has 7 heteroatoms. The van der Waals surface area contributed by atoms with E-state index in [-0.39, 0.29) is 19.1 Å². The Bertz CT molecular complexity index is 492. The van der Waals surface area contributed by atoms with Crippen molar-refractivity contribution in [1.29, 1.82) is 0 Å². The van der Waals surface area contributed by atoms with Gasteiger partial charge in [0.25, 0.3) is 0 Å². The lowest BCUT2D eigenvalue weighted by Crippen LogP contribution is -2.46. The van der Waals surface area contributed by atoms with Crippen molar-refractivity contribution in [3.63, 3.8) is 0 Å². The van der Waals surface area contributed by atoms with Gasteiger partial charge in [-0.3, -0.25) is 9.78 Å². The van der Waals surface area contributed by atoms with Crippen LogP contribution in [0.4, 0.5) is 9.18 Å². The van der Waals surface area contributed by atoms with Gasteiger partial charge in [-0.05, 0) is 25.0 Å². The molecule has 108 valence electrons. The van der Waals surface area contributed by atoms with Gasteiger partial charge in [-0.15, -0.1) is 0 Å². The number of aromatic nitrogens is 1. The van der Waals surface area contributed by atoms with Crippen LogP contribution >= 0.6 is 0 Å². The summed E-state index contributed by atoms with van der Waals surface area (Å²) in [6, 6.07) is 2.45. The summed E-state index contributed by atoms with van der Waals surface area (Å²) in [4.78, 5) is 28.2. The molecule has 0 saturated carbocycles. The number of carbonyl (C=O) groups is 2. The Kier molecular flexibility index (Phi) is 4.49. The molecule has 0 bridgehead atoms. The molecule has 1 aliphatic heterocycles. The van der Waals surface area contributed by atoms with Crippen molar-refractivity contribution in [2.45, 2.75) is 19.4 Å². The molecule has 1 aromatic rings. The average molecular weight is 281 g/mol. The molecule has 1 unspecified atom stereocenters. The topological polar surface area (TPSA) is 82.5 Å². The average Bonchev–Trinajstić information content (AvgIpc) is 2.46. The SMILES string of the molecule is O=C(O)C1CCCN(C(=O)NCc2ccc(F)cn2)C1. The van der Waals surface area contributed by atoms with E-state index in [1.165, 1.54) is 17.0 Å². The zero-order chi connectivity index (χ0) is 14.5. The quantitative estimate of drug-likeness (QED) is 0.873. The summed E-state index contributed by atoms with van der Waals surface area (Å²) >= 11 is 0. The number of rotatable bonds is 3. The van der Waals surface area contributed by atoms with Gasteiger partial charge >= 0.3 is 12.0 Å². The first kappa shape index (κ1) is 14.2. The van der Waals surface area contributed by atoms with E-state index >= 15 is 0 Å². The van der Waals surface area contributed by atoms with E-state index in [0.29, 0.717) is 25.1 Å². The highest BCUT2D eigenvalue weighted by Crippen LogP contribution is 2.16. The second-order valence-electron chi connectivity index (χ2n) is 4.75. The molecule has 0 aromatic carbocycles. The van der Waals surface area contributed by atoms with Crippen molar-refractivity contribution in [2.24, 2.45) is 5.92 Å². The van der Waals surface area contributed by atoms with Crippen LogP contribution in [0.15, 0.2) is 18.3 Å². The van der Waals surface area contributed by atoms with Gasteiger partial charge in [0.15, 0.2) is 0 Å². The molecule has 1 aromatic heterocycles. The van der Waals surface area contributed by atoms with Crippen LogP contribution in [0.2, 0.25) is 0 Å². The van der Waals surface area contributed by atoms with Crippen LogP contribution in [0, 0.1) is 11.7 Å². The summed E-state index contributed by atoms with van der Waals surface area (Å²) in [7, 11) is 0. The number of amides is 2.